The number of rotatable bonds is 2. The molecule has 33 heavy (non-hydrogen) atoms. The zero-order valence-electron chi connectivity index (χ0n) is 17.9. The third-order valence-corrected chi connectivity index (χ3v) is 6.09. The number of aromatic nitrogens is 4. The quantitative estimate of drug-likeness (QED) is 0.304. The summed E-state index contributed by atoms with van der Waals surface area (Å²) >= 11 is 0. The predicted molar refractivity (Wildman–Crippen MR) is 132 cm³/mol. The number of pyridine rings is 2. The van der Waals surface area contributed by atoms with Gasteiger partial charge in [-0.1, -0.05) is 48.5 Å². The first-order chi connectivity index (χ1) is 16.3. The lowest BCUT2D eigenvalue weighted by Crippen LogP contribution is -1.99. The van der Waals surface area contributed by atoms with Gasteiger partial charge in [-0.15, -0.1) is 0 Å². The van der Waals surface area contributed by atoms with Crippen LogP contribution in [0.5, 0.6) is 0 Å². The molecule has 0 saturated heterocycles. The summed E-state index contributed by atoms with van der Waals surface area (Å²) in [6.45, 7) is 1.97. The lowest BCUT2D eigenvalue weighted by atomic mass is 10.1. The number of nitrogens with zero attached hydrogens (tertiary/aromatic N) is 4. The Bertz CT molecular complexity index is 1830. The molecule has 4 heterocycles. The van der Waals surface area contributed by atoms with Crippen LogP contribution in [-0.2, 0) is 0 Å². The first-order valence-electron chi connectivity index (χ1n) is 10.9. The van der Waals surface area contributed by atoms with Crippen molar-refractivity contribution in [1.82, 2.24) is 19.5 Å². The van der Waals surface area contributed by atoms with E-state index in [0.29, 0.717) is 5.71 Å². The van der Waals surface area contributed by atoms with Gasteiger partial charge in [-0.2, -0.15) is 0 Å². The standard InChI is InChI=1S/C28H18N4O/c1-17-14-15-21-20-11-7-12-22(25(20)33-28(21)29-17)26-31-24-16-18-8-5-6-13-23(18)30-27(24)32(26)19-9-3-2-4-10-19/h2-16H,1H3. The Hall–Kier alpha value is -4.51. The maximum absolute atomic E-state index is 6.30. The fourth-order valence-electron chi connectivity index (χ4n) is 4.56. The van der Waals surface area contributed by atoms with Gasteiger partial charge in [0.15, 0.2) is 11.5 Å². The van der Waals surface area contributed by atoms with Crippen molar-refractivity contribution in [2.24, 2.45) is 0 Å². The zero-order chi connectivity index (χ0) is 21.9. The Morgan fingerprint density at radius 3 is 2.45 bits per heavy atom. The molecule has 0 aliphatic rings. The number of benzene rings is 3. The highest BCUT2D eigenvalue weighted by Gasteiger charge is 2.21. The molecule has 0 saturated carbocycles. The van der Waals surface area contributed by atoms with Crippen LogP contribution in [0.2, 0.25) is 0 Å². The van der Waals surface area contributed by atoms with Gasteiger partial charge in [0.25, 0.3) is 0 Å². The average Bonchev–Trinajstić information content (AvgIpc) is 3.40. The Balaban J connectivity index is 1.61. The van der Waals surface area contributed by atoms with Crippen molar-refractivity contribution < 1.29 is 4.42 Å². The summed E-state index contributed by atoms with van der Waals surface area (Å²) in [6, 6.07) is 30.7. The van der Waals surface area contributed by atoms with Gasteiger partial charge in [-0.25, -0.2) is 15.0 Å². The van der Waals surface area contributed by atoms with E-state index in [2.05, 4.69) is 52.0 Å². The largest absolute Gasteiger partial charge is 0.437 e. The monoisotopic (exact) mass is 426 g/mol. The maximum Gasteiger partial charge on any atom is 0.227 e. The van der Waals surface area contributed by atoms with Gasteiger partial charge in [-0.3, -0.25) is 4.57 Å². The summed E-state index contributed by atoms with van der Waals surface area (Å²) < 4.78 is 8.41. The molecule has 7 rings (SSSR count). The second-order valence-electron chi connectivity index (χ2n) is 8.22. The molecule has 0 unspecified atom stereocenters. The van der Waals surface area contributed by atoms with Crippen LogP contribution in [-0.4, -0.2) is 19.5 Å². The molecule has 0 atom stereocenters. The number of hydrogen-bond acceptors (Lipinski definition) is 4. The van der Waals surface area contributed by atoms with E-state index >= 15 is 0 Å². The van der Waals surface area contributed by atoms with Gasteiger partial charge in [-0.05, 0) is 49.4 Å². The van der Waals surface area contributed by atoms with Crippen molar-refractivity contribution in [2.75, 3.05) is 0 Å². The van der Waals surface area contributed by atoms with E-state index in [1.807, 2.05) is 55.5 Å². The Morgan fingerprint density at radius 2 is 1.55 bits per heavy atom. The molecule has 0 radical (unpaired) electrons. The Labute approximate surface area is 189 Å². The van der Waals surface area contributed by atoms with Gasteiger partial charge < -0.3 is 4.42 Å². The van der Waals surface area contributed by atoms with Crippen LogP contribution in [0.3, 0.4) is 0 Å². The number of fused-ring (bicyclic) bond motifs is 5. The summed E-state index contributed by atoms with van der Waals surface area (Å²) in [5, 5.41) is 3.10. The first-order valence-corrected chi connectivity index (χ1v) is 10.9. The van der Waals surface area contributed by atoms with Crippen molar-refractivity contribution in [3.63, 3.8) is 0 Å². The fraction of sp³-hybridized carbons (Fsp3) is 0.0357. The van der Waals surface area contributed by atoms with E-state index in [9.17, 15) is 0 Å². The van der Waals surface area contributed by atoms with Crippen LogP contribution < -0.4 is 0 Å². The molecule has 5 nitrogen and oxygen atoms in total. The number of furan rings is 1. The highest BCUT2D eigenvalue weighted by atomic mass is 16.3. The lowest BCUT2D eigenvalue weighted by molar-refractivity contribution is 0.653. The van der Waals surface area contributed by atoms with Crippen molar-refractivity contribution >= 4 is 44.1 Å². The highest BCUT2D eigenvalue weighted by molar-refractivity contribution is 6.08. The van der Waals surface area contributed by atoms with Gasteiger partial charge in [0.05, 0.1) is 11.1 Å². The van der Waals surface area contributed by atoms with Crippen molar-refractivity contribution in [2.45, 2.75) is 6.92 Å². The molecule has 0 aliphatic carbocycles. The minimum atomic E-state index is 0.642. The normalized spacial score (nSPS) is 11.8. The van der Waals surface area contributed by atoms with E-state index in [1.165, 1.54) is 0 Å². The second kappa shape index (κ2) is 6.74. The topological polar surface area (TPSA) is 56.7 Å². The number of aryl methyl sites for hydroxylation is 1. The lowest BCUT2D eigenvalue weighted by Gasteiger charge is -2.09. The molecule has 5 heteroatoms. The smallest absolute Gasteiger partial charge is 0.227 e. The molecule has 0 spiro atoms. The molecule has 4 aromatic heterocycles. The van der Waals surface area contributed by atoms with E-state index in [1.54, 1.807) is 0 Å². The molecule has 0 N–H and O–H groups in total. The fourth-order valence-corrected chi connectivity index (χ4v) is 4.56. The molecule has 3 aromatic carbocycles. The van der Waals surface area contributed by atoms with Crippen molar-refractivity contribution in [1.29, 1.82) is 0 Å². The predicted octanol–water partition coefficient (Wildman–Crippen LogP) is 6.84. The van der Waals surface area contributed by atoms with Crippen LogP contribution in [0.4, 0.5) is 0 Å². The number of para-hydroxylation sites is 3. The minimum absolute atomic E-state index is 0.642. The summed E-state index contributed by atoms with van der Waals surface area (Å²) in [6.07, 6.45) is 0. The van der Waals surface area contributed by atoms with Crippen LogP contribution in [0.15, 0.2) is 95.4 Å². The van der Waals surface area contributed by atoms with Crippen molar-refractivity contribution in [3.8, 4) is 17.1 Å². The molecule has 156 valence electrons. The third-order valence-electron chi connectivity index (χ3n) is 6.09. The van der Waals surface area contributed by atoms with E-state index in [0.717, 1.165) is 61.2 Å². The molecule has 0 fully saturated rings. The first kappa shape index (κ1) is 18.1. The van der Waals surface area contributed by atoms with Crippen LogP contribution in [0, 0.1) is 6.92 Å². The SMILES string of the molecule is Cc1ccc2c(n1)oc1c(-c3nc4cc5ccccc5nc4n3-c3ccccc3)cccc12. The number of hydrogen-bond donors (Lipinski definition) is 0. The van der Waals surface area contributed by atoms with E-state index in [4.69, 9.17) is 14.4 Å². The minimum Gasteiger partial charge on any atom is -0.437 e. The van der Waals surface area contributed by atoms with E-state index in [-0.39, 0.29) is 0 Å². The van der Waals surface area contributed by atoms with Gasteiger partial charge in [0.2, 0.25) is 5.71 Å². The highest BCUT2D eigenvalue weighted by Crippen LogP contribution is 2.37. The summed E-state index contributed by atoms with van der Waals surface area (Å²) in [5.74, 6) is 0.792. The van der Waals surface area contributed by atoms with Crippen LogP contribution in [0.25, 0.3) is 61.2 Å². The molecule has 7 aromatic rings. The summed E-state index contributed by atoms with van der Waals surface area (Å²) in [4.78, 5) is 14.7. The third kappa shape index (κ3) is 2.69. The van der Waals surface area contributed by atoms with Gasteiger partial charge in [0.1, 0.15) is 11.1 Å². The van der Waals surface area contributed by atoms with Gasteiger partial charge >= 0.3 is 0 Å². The molecule has 0 amide bonds. The van der Waals surface area contributed by atoms with Crippen LogP contribution in [0.1, 0.15) is 5.69 Å². The van der Waals surface area contributed by atoms with Crippen LogP contribution >= 0.6 is 0 Å². The maximum atomic E-state index is 6.30. The molecular formula is C28H18N4O. The van der Waals surface area contributed by atoms with Crippen molar-refractivity contribution in [3.05, 3.63) is 96.7 Å². The van der Waals surface area contributed by atoms with E-state index < -0.39 is 0 Å². The summed E-state index contributed by atoms with van der Waals surface area (Å²) in [5.41, 5.74) is 6.86. The molecule has 0 bridgehead atoms. The average molecular weight is 426 g/mol. The molecular weight excluding hydrogens is 408 g/mol. The number of imidazole rings is 1. The Kier molecular flexibility index (Phi) is 3.70. The second-order valence-corrected chi connectivity index (χ2v) is 8.22. The molecule has 0 aliphatic heterocycles. The van der Waals surface area contributed by atoms with Gasteiger partial charge in [0, 0.05) is 27.5 Å². The summed E-state index contributed by atoms with van der Waals surface area (Å²) in [7, 11) is 0. The Morgan fingerprint density at radius 1 is 0.697 bits per heavy atom. The zero-order valence-corrected chi connectivity index (χ0v) is 17.9.